The molecule has 21 heavy (non-hydrogen) atoms. The maximum Gasteiger partial charge on any atom is 0.131 e. The third kappa shape index (κ3) is 3.42. The molecule has 0 aliphatic heterocycles. The molecular formula is C17H18ClF2N. The van der Waals surface area contributed by atoms with E-state index in [1.807, 2.05) is 32.9 Å². The van der Waals surface area contributed by atoms with Crippen molar-refractivity contribution in [3.63, 3.8) is 0 Å². The first-order chi connectivity index (χ1) is 9.93. The summed E-state index contributed by atoms with van der Waals surface area (Å²) in [4.78, 5) is 0. The molecule has 1 atom stereocenters. The van der Waals surface area contributed by atoms with E-state index in [1.165, 1.54) is 12.1 Å². The predicted octanol–water partition coefficient (Wildman–Crippen LogP) is 4.93. The summed E-state index contributed by atoms with van der Waals surface area (Å²) < 4.78 is 27.2. The molecule has 0 aliphatic rings. The van der Waals surface area contributed by atoms with Crippen molar-refractivity contribution in [1.82, 2.24) is 5.32 Å². The summed E-state index contributed by atoms with van der Waals surface area (Å²) in [7, 11) is 0. The van der Waals surface area contributed by atoms with Gasteiger partial charge in [-0.25, -0.2) is 8.78 Å². The standard InChI is InChI=1S/C17H18ClF2N/c1-4-21-17(13-6-5-12(19)9-16(13)20)14-7-11(3)15(18)8-10(14)2/h5-9,17,21H,4H2,1-3H3. The van der Waals surface area contributed by atoms with E-state index in [2.05, 4.69) is 5.32 Å². The summed E-state index contributed by atoms with van der Waals surface area (Å²) in [6.07, 6.45) is 0. The zero-order chi connectivity index (χ0) is 15.6. The van der Waals surface area contributed by atoms with E-state index in [9.17, 15) is 8.78 Å². The Balaban J connectivity index is 2.55. The molecule has 2 aromatic rings. The lowest BCUT2D eigenvalue weighted by Crippen LogP contribution is -2.24. The number of halogens is 3. The highest BCUT2D eigenvalue weighted by Crippen LogP contribution is 2.30. The second kappa shape index (κ2) is 6.54. The Labute approximate surface area is 128 Å². The van der Waals surface area contributed by atoms with E-state index in [4.69, 9.17) is 11.6 Å². The number of aryl methyl sites for hydroxylation is 2. The molecule has 0 heterocycles. The van der Waals surface area contributed by atoms with Crippen LogP contribution in [-0.2, 0) is 0 Å². The van der Waals surface area contributed by atoms with Crippen LogP contribution in [0, 0.1) is 25.5 Å². The molecule has 1 N–H and O–H groups in total. The van der Waals surface area contributed by atoms with Gasteiger partial charge in [0.2, 0.25) is 0 Å². The summed E-state index contributed by atoms with van der Waals surface area (Å²) in [6, 6.07) is 7.18. The molecule has 1 unspecified atom stereocenters. The van der Waals surface area contributed by atoms with Crippen LogP contribution in [0.25, 0.3) is 0 Å². The van der Waals surface area contributed by atoms with Gasteiger partial charge in [-0.1, -0.05) is 30.7 Å². The molecule has 0 aromatic heterocycles. The molecule has 0 saturated carbocycles. The van der Waals surface area contributed by atoms with Crippen LogP contribution in [0.2, 0.25) is 5.02 Å². The normalized spacial score (nSPS) is 12.5. The lowest BCUT2D eigenvalue weighted by molar-refractivity contribution is 0.540. The summed E-state index contributed by atoms with van der Waals surface area (Å²) >= 11 is 6.12. The van der Waals surface area contributed by atoms with Gasteiger partial charge >= 0.3 is 0 Å². The fourth-order valence-electron chi connectivity index (χ4n) is 2.44. The highest BCUT2D eigenvalue weighted by molar-refractivity contribution is 6.31. The van der Waals surface area contributed by atoms with Crippen molar-refractivity contribution in [3.8, 4) is 0 Å². The first kappa shape index (κ1) is 15.9. The Morgan fingerprint density at radius 2 is 1.76 bits per heavy atom. The average Bonchev–Trinajstić information content (AvgIpc) is 2.41. The smallest absolute Gasteiger partial charge is 0.131 e. The van der Waals surface area contributed by atoms with Gasteiger partial charge in [0.1, 0.15) is 11.6 Å². The monoisotopic (exact) mass is 309 g/mol. The van der Waals surface area contributed by atoms with E-state index in [0.29, 0.717) is 17.1 Å². The summed E-state index contributed by atoms with van der Waals surface area (Å²) in [5, 5.41) is 3.94. The SMILES string of the molecule is CCNC(c1cc(C)c(Cl)cc1C)c1ccc(F)cc1F. The van der Waals surface area contributed by atoms with E-state index >= 15 is 0 Å². The summed E-state index contributed by atoms with van der Waals surface area (Å²) in [5.41, 5.74) is 3.29. The van der Waals surface area contributed by atoms with Crippen molar-refractivity contribution in [2.75, 3.05) is 6.54 Å². The van der Waals surface area contributed by atoms with Gasteiger partial charge in [0.05, 0.1) is 6.04 Å². The van der Waals surface area contributed by atoms with Crippen molar-refractivity contribution in [2.45, 2.75) is 26.8 Å². The molecular weight excluding hydrogens is 292 g/mol. The van der Waals surface area contributed by atoms with Crippen molar-refractivity contribution in [2.24, 2.45) is 0 Å². The Kier molecular flexibility index (Phi) is 4.96. The zero-order valence-electron chi connectivity index (χ0n) is 12.3. The van der Waals surface area contributed by atoms with Crippen LogP contribution in [0.15, 0.2) is 30.3 Å². The molecule has 1 nitrogen and oxygen atoms in total. The van der Waals surface area contributed by atoms with Crippen LogP contribution in [0.3, 0.4) is 0 Å². The number of rotatable bonds is 4. The minimum atomic E-state index is -0.574. The van der Waals surface area contributed by atoms with Crippen LogP contribution >= 0.6 is 11.6 Å². The van der Waals surface area contributed by atoms with Gasteiger partial charge in [0.15, 0.2) is 0 Å². The third-order valence-electron chi connectivity index (χ3n) is 3.54. The first-order valence-electron chi connectivity index (χ1n) is 6.89. The van der Waals surface area contributed by atoms with Crippen LogP contribution in [0.4, 0.5) is 8.78 Å². The first-order valence-corrected chi connectivity index (χ1v) is 7.26. The minimum Gasteiger partial charge on any atom is -0.306 e. The van der Waals surface area contributed by atoms with E-state index in [1.54, 1.807) is 0 Å². The summed E-state index contributed by atoms with van der Waals surface area (Å²) in [6.45, 7) is 6.47. The molecule has 0 spiro atoms. The average molecular weight is 310 g/mol. The quantitative estimate of drug-likeness (QED) is 0.844. The molecule has 0 amide bonds. The van der Waals surface area contributed by atoms with Crippen molar-refractivity contribution >= 4 is 11.6 Å². The number of hydrogen-bond acceptors (Lipinski definition) is 1. The molecule has 2 rings (SSSR count). The van der Waals surface area contributed by atoms with E-state index < -0.39 is 11.6 Å². The van der Waals surface area contributed by atoms with Crippen LogP contribution in [0.5, 0.6) is 0 Å². The second-order valence-corrected chi connectivity index (χ2v) is 5.52. The summed E-state index contributed by atoms with van der Waals surface area (Å²) in [5.74, 6) is -1.12. The van der Waals surface area contributed by atoms with Gasteiger partial charge in [0.25, 0.3) is 0 Å². The zero-order valence-corrected chi connectivity index (χ0v) is 13.1. The maximum absolute atomic E-state index is 14.1. The molecule has 0 aliphatic carbocycles. The van der Waals surface area contributed by atoms with Gasteiger partial charge in [-0.2, -0.15) is 0 Å². The van der Waals surface area contributed by atoms with Gasteiger partial charge in [0, 0.05) is 16.7 Å². The van der Waals surface area contributed by atoms with Crippen LogP contribution < -0.4 is 5.32 Å². The fourth-order valence-corrected chi connectivity index (χ4v) is 2.66. The lowest BCUT2D eigenvalue weighted by Gasteiger charge is -2.22. The molecule has 112 valence electrons. The molecule has 0 radical (unpaired) electrons. The Hall–Kier alpha value is -1.45. The highest BCUT2D eigenvalue weighted by atomic mass is 35.5. The molecule has 0 bridgehead atoms. The Morgan fingerprint density at radius 1 is 1.05 bits per heavy atom. The number of hydrogen-bond donors (Lipinski definition) is 1. The fraction of sp³-hybridized carbons (Fsp3) is 0.294. The third-order valence-corrected chi connectivity index (χ3v) is 3.95. The molecule has 0 saturated heterocycles. The van der Waals surface area contributed by atoms with E-state index in [0.717, 1.165) is 22.8 Å². The molecule has 0 fully saturated rings. The number of benzene rings is 2. The van der Waals surface area contributed by atoms with Gasteiger partial charge < -0.3 is 5.32 Å². The van der Waals surface area contributed by atoms with Gasteiger partial charge in [-0.05, 0) is 49.2 Å². The van der Waals surface area contributed by atoms with Gasteiger partial charge in [-0.15, -0.1) is 0 Å². The minimum absolute atomic E-state index is 0.327. The largest absolute Gasteiger partial charge is 0.306 e. The van der Waals surface area contributed by atoms with Gasteiger partial charge in [-0.3, -0.25) is 0 Å². The maximum atomic E-state index is 14.1. The highest BCUT2D eigenvalue weighted by Gasteiger charge is 2.20. The van der Waals surface area contributed by atoms with Crippen molar-refractivity contribution in [3.05, 3.63) is 69.2 Å². The molecule has 2 aromatic carbocycles. The Morgan fingerprint density at radius 3 is 2.38 bits per heavy atom. The van der Waals surface area contributed by atoms with Crippen LogP contribution in [-0.4, -0.2) is 6.54 Å². The van der Waals surface area contributed by atoms with Crippen LogP contribution in [0.1, 0.15) is 35.2 Å². The van der Waals surface area contributed by atoms with Crippen molar-refractivity contribution in [1.29, 1.82) is 0 Å². The van der Waals surface area contributed by atoms with E-state index in [-0.39, 0.29) is 6.04 Å². The number of nitrogens with one attached hydrogen (secondary N) is 1. The second-order valence-electron chi connectivity index (χ2n) is 5.11. The lowest BCUT2D eigenvalue weighted by atomic mass is 9.93. The van der Waals surface area contributed by atoms with Crippen molar-refractivity contribution < 1.29 is 8.78 Å². The predicted molar refractivity (Wildman–Crippen MR) is 82.8 cm³/mol. The topological polar surface area (TPSA) is 12.0 Å². The Bertz CT molecular complexity index is 655. The molecule has 4 heteroatoms.